The fourth-order valence-electron chi connectivity index (χ4n) is 2.19. The van der Waals surface area contributed by atoms with Crippen LogP contribution in [0.4, 0.5) is 5.82 Å². The molecule has 0 unspecified atom stereocenters. The molecule has 2 aromatic rings. The molecule has 0 spiro atoms. The third-order valence-electron chi connectivity index (χ3n) is 3.48. The van der Waals surface area contributed by atoms with Gasteiger partial charge in [-0.2, -0.15) is 0 Å². The summed E-state index contributed by atoms with van der Waals surface area (Å²) >= 11 is 0. The Hall–Kier alpha value is -2.83. The standard InChI is InChI=1S/C17H21N3O4/c1-4-20(11-16(21)18-15-9-12(2)24-19-15)17(22)10-13-5-7-14(23-3)8-6-13/h5-9H,4,10-11H2,1-3H3,(H,18,19,21). The van der Waals surface area contributed by atoms with Crippen LogP contribution in [0.2, 0.25) is 0 Å². The summed E-state index contributed by atoms with van der Waals surface area (Å²) in [5, 5.41) is 6.30. The third kappa shape index (κ3) is 4.84. The monoisotopic (exact) mass is 331 g/mol. The molecule has 7 heteroatoms. The Kier molecular flexibility index (Phi) is 5.95. The van der Waals surface area contributed by atoms with E-state index in [-0.39, 0.29) is 24.8 Å². The summed E-state index contributed by atoms with van der Waals surface area (Å²) in [6, 6.07) is 8.90. The molecule has 0 saturated heterocycles. The van der Waals surface area contributed by atoms with Gasteiger partial charge in [0, 0.05) is 12.6 Å². The zero-order valence-electron chi connectivity index (χ0n) is 14.0. The van der Waals surface area contributed by atoms with Gasteiger partial charge >= 0.3 is 0 Å². The van der Waals surface area contributed by atoms with Crippen molar-refractivity contribution in [1.82, 2.24) is 10.1 Å². The average Bonchev–Trinajstić information content (AvgIpc) is 2.98. The van der Waals surface area contributed by atoms with Crippen LogP contribution >= 0.6 is 0 Å². The number of carbonyl (C=O) groups is 2. The van der Waals surface area contributed by atoms with Gasteiger partial charge in [-0.15, -0.1) is 0 Å². The van der Waals surface area contributed by atoms with Gasteiger partial charge in [-0.1, -0.05) is 17.3 Å². The Morgan fingerprint density at radius 3 is 2.54 bits per heavy atom. The van der Waals surface area contributed by atoms with Crippen molar-refractivity contribution in [1.29, 1.82) is 0 Å². The molecule has 1 heterocycles. The molecule has 0 bridgehead atoms. The van der Waals surface area contributed by atoms with Crippen LogP contribution in [0.1, 0.15) is 18.2 Å². The molecule has 7 nitrogen and oxygen atoms in total. The Morgan fingerprint density at radius 1 is 1.29 bits per heavy atom. The van der Waals surface area contributed by atoms with E-state index in [1.54, 1.807) is 32.2 Å². The summed E-state index contributed by atoms with van der Waals surface area (Å²) < 4.78 is 9.98. The van der Waals surface area contributed by atoms with Gasteiger partial charge in [-0.05, 0) is 31.5 Å². The fourth-order valence-corrected chi connectivity index (χ4v) is 2.19. The fraction of sp³-hybridized carbons (Fsp3) is 0.353. The second-order valence-corrected chi connectivity index (χ2v) is 5.30. The molecule has 2 rings (SSSR count). The summed E-state index contributed by atoms with van der Waals surface area (Å²) in [7, 11) is 1.59. The zero-order valence-corrected chi connectivity index (χ0v) is 14.0. The minimum Gasteiger partial charge on any atom is -0.497 e. The van der Waals surface area contributed by atoms with E-state index in [1.807, 2.05) is 19.1 Å². The van der Waals surface area contributed by atoms with Crippen molar-refractivity contribution in [3.63, 3.8) is 0 Å². The molecule has 1 N–H and O–H groups in total. The van der Waals surface area contributed by atoms with Gasteiger partial charge in [0.1, 0.15) is 11.5 Å². The summed E-state index contributed by atoms with van der Waals surface area (Å²) in [4.78, 5) is 25.9. The molecule has 0 fully saturated rings. The molecule has 2 amide bonds. The van der Waals surface area contributed by atoms with Crippen molar-refractivity contribution in [3.05, 3.63) is 41.7 Å². The lowest BCUT2D eigenvalue weighted by molar-refractivity contribution is -0.133. The number of carbonyl (C=O) groups excluding carboxylic acids is 2. The number of aryl methyl sites for hydroxylation is 1. The van der Waals surface area contributed by atoms with Gasteiger partial charge < -0.3 is 19.5 Å². The predicted molar refractivity (Wildman–Crippen MR) is 88.8 cm³/mol. The van der Waals surface area contributed by atoms with E-state index in [9.17, 15) is 9.59 Å². The molecule has 0 saturated carbocycles. The predicted octanol–water partition coefficient (Wildman–Crippen LogP) is 2.02. The number of methoxy groups -OCH3 is 1. The number of rotatable bonds is 7. The SMILES string of the molecule is CCN(CC(=O)Nc1cc(C)on1)C(=O)Cc1ccc(OC)cc1. The van der Waals surface area contributed by atoms with Gasteiger partial charge in [0.15, 0.2) is 5.82 Å². The van der Waals surface area contributed by atoms with E-state index in [0.717, 1.165) is 11.3 Å². The van der Waals surface area contributed by atoms with Crippen LogP contribution in [0.5, 0.6) is 5.75 Å². The highest BCUT2D eigenvalue weighted by atomic mass is 16.5. The molecule has 0 aliphatic rings. The molecule has 0 aliphatic carbocycles. The lowest BCUT2D eigenvalue weighted by atomic mass is 10.1. The lowest BCUT2D eigenvalue weighted by Crippen LogP contribution is -2.38. The summed E-state index contributed by atoms with van der Waals surface area (Å²) in [5.74, 6) is 1.26. The highest BCUT2D eigenvalue weighted by Crippen LogP contribution is 2.12. The topological polar surface area (TPSA) is 84.7 Å². The van der Waals surface area contributed by atoms with Crippen molar-refractivity contribution in [3.8, 4) is 5.75 Å². The van der Waals surface area contributed by atoms with Gasteiger partial charge in [-0.25, -0.2) is 0 Å². The van der Waals surface area contributed by atoms with Crippen LogP contribution in [0, 0.1) is 6.92 Å². The number of ether oxygens (including phenoxy) is 1. The molecule has 0 radical (unpaired) electrons. The molecule has 1 aromatic carbocycles. The zero-order chi connectivity index (χ0) is 17.5. The number of hydrogen-bond acceptors (Lipinski definition) is 5. The maximum atomic E-state index is 12.4. The Bertz CT molecular complexity index is 694. The molecule has 24 heavy (non-hydrogen) atoms. The van der Waals surface area contributed by atoms with Crippen molar-refractivity contribution in [2.24, 2.45) is 0 Å². The van der Waals surface area contributed by atoms with E-state index in [1.165, 1.54) is 4.90 Å². The number of nitrogens with zero attached hydrogens (tertiary/aromatic N) is 2. The first-order chi connectivity index (χ1) is 11.5. The average molecular weight is 331 g/mol. The van der Waals surface area contributed by atoms with Crippen LogP contribution in [-0.4, -0.2) is 42.1 Å². The van der Waals surface area contributed by atoms with Crippen LogP contribution in [0.3, 0.4) is 0 Å². The van der Waals surface area contributed by atoms with Crippen molar-refractivity contribution in [2.45, 2.75) is 20.3 Å². The van der Waals surface area contributed by atoms with Crippen LogP contribution in [-0.2, 0) is 16.0 Å². The van der Waals surface area contributed by atoms with Gasteiger partial charge in [0.05, 0.1) is 20.1 Å². The number of aromatic nitrogens is 1. The Balaban J connectivity index is 1.91. The maximum Gasteiger partial charge on any atom is 0.245 e. The smallest absolute Gasteiger partial charge is 0.245 e. The van der Waals surface area contributed by atoms with E-state index in [0.29, 0.717) is 18.1 Å². The molecule has 128 valence electrons. The van der Waals surface area contributed by atoms with E-state index >= 15 is 0 Å². The first-order valence-corrected chi connectivity index (χ1v) is 7.65. The second-order valence-electron chi connectivity index (χ2n) is 5.30. The first kappa shape index (κ1) is 17.5. The maximum absolute atomic E-state index is 12.4. The number of hydrogen-bond donors (Lipinski definition) is 1. The van der Waals surface area contributed by atoms with Crippen LogP contribution < -0.4 is 10.1 Å². The highest BCUT2D eigenvalue weighted by Gasteiger charge is 2.17. The second kappa shape index (κ2) is 8.14. The number of anilines is 1. The van der Waals surface area contributed by atoms with E-state index < -0.39 is 0 Å². The Morgan fingerprint density at radius 2 is 2.00 bits per heavy atom. The highest BCUT2D eigenvalue weighted by molar-refractivity contribution is 5.94. The number of likely N-dealkylation sites (N-methyl/N-ethyl adjacent to an activating group) is 1. The van der Waals surface area contributed by atoms with E-state index in [4.69, 9.17) is 9.26 Å². The normalized spacial score (nSPS) is 10.3. The quantitative estimate of drug-likeness (QED) is 0.839. The number of nitrogens with one attached hydrogen (secondary N) is 1. The van der Waals surface area contributed by atoms with Gasteiger partial charge in [-0.3, -0.25) is 9.59 Å². The molecule has 1 aromatic heterocycles. The molecular weight excluding hydrogens is 310 g/mol. The minimum absolute atomic E-state index is 0.0304. The summed E-state index contributed by atoms with van der Waals surface area (Å²) in [6.45, 7) is 3.98. The van der Waals surface area contributed by atoms with Crippen molar-refractivity contribution < 1.29 is 18.8 Å². The molecular formula is C17H21N3O4. The molecule has 0 aliphatic heterocycles. The van der Waals surface area contributed by atoms with Crippen LogP contribution in [0.15, 0.2) is 34.9 Å². The number of benzene rings is 1. The summed E-state index contributed by atoms with van der Waals surface area (Å²) in [5.41, 5.74) is 0.867. The summed E-state index contributed by atoms with van der Waals surface area (Å²) in [6.07, 6.45) is 0.230. The Labute approximate surface area is 140 Å². The lowest BCUT2D eigenvalue weighted by Gasteiger charge is -2.20. The first-order valence-electron chi connectivity index (χ1n) is 7.65. The van der Waals surface area contributed by atoms with E-state index in [2.05, 4.69) is 10.5 Å². The van der Waals surface area contributed by atoms with Crippen LogP contribution in [0.25, 0.3) is 0 Å². The van der Waals surface area contributed by atoms with Gasteiger partial charge in [0.2, 0.25) is 11.8 Å². The minimum atomic E-state index is -0.312. The number of amides is 2. The van der Waals surface area contributed by atoms with Crippen molar-refractivity contribution in [2.75, 3.05) is 25.5 Å². The van der Waals surface area contributed by atoms with Gasteiger partial charge in [0.25, 0.3) is 0 Å². The third-order valence-corrected chi connectivity index (χ3v) is 3.48. The largest absolute Gasteiger partial charge is 0.497 e. The van der Waals surface area contributed by atoms with Crippen molar-refractivity contribution >= 4 is 17.6 Å². The molecule has 0 atom stereocenters.